The van der Waals surface area contributed by atoms with Crippen molar-refractivity contribution in [1.29, 1.82) is 0 Å². The van der Waals surface area contributed by atoms with Gasteiger partial charge in [0.2, 0.25) is 17.0 Å². The molecule has 1 aliphatic rings. The summed E-state index contributed by atoms with van der Waals surface area (Å²) in [6.07, 6.45) is 1.27. The molecule has 0 radical (unpaired) electrons. The van der Waals surface area contributed by atoms with Crippen LogP contribution in [0.3, 0.4) is 0 Å². The van der Waals surface area contributed by atoms with E-state index in [4.69, 9.17) is 15.2 Å². The quantitative estimate of drug-likeness (QED) is 0.0597. The van der Waals surface area contributed by atoms with Gasteiger partial charge in [-0.2, -0.15) is 4.68 Å². The van der Waals surface area contributed by atoms with Gasteiger partial charge in [-0.15, -0.1) is 5.10 Å². The molecule has 3 atom stereocenters. The minimum Gasteiger partial charge on any atom is -0.397 e. The summed E-state index contributed by atoms with van der Waals surface area (Å²) in [5.41, 5.74) is 11.1. The molecule has 0 aliphatic carbocycles. The summed E-state index contributed by atoms with van der Waals surface area (Å²) in [6.45, 7) is -0.0301. The standard InChI is InChI=1S/C37H39N7O5S/c38-31-10-4-5-11-32(31)40-35(47)13-7-6-12-34(46)39-28-20-18-27(19-21-28)36-48-30(22-33(49-36)26-16-14-25(23-45)15-17-26)24-50-37-41-42-43-44(37)29-8-2-1-3-9-29/h1-5,8-11,14-21,30,33,36,45H,6-7,12-13,22-24,38H2,(H,39,46)(H,40,47)/t30-,33+,36+/m0/s1. The number of tetrazole rings is 1. The van der Waals surface area contributed by atoms with Crippen molar-refractivity contribution < 1.29 is 24.2 Å². The molecule has 5 aromatic rings. The molecule has 2 heterocycles. The highest BCUT2D eigenvalue weighted by Crippen LogP contribution is 2.39. The number of rotatable bonds is 14. The number of unbranched alkanes of at least 4 members (excludes halogenated alkanes) is 1. The van der Waals surface area contributed by atoms with Gasteiger partial charge in [-0.1, -0.05) is 78.5 Å². The summed E-state index contributed by atoms with van der Waals surface area (Å²) in [7, 11) is 0. The van der Waals surface area contributed by atoms with Crippen LogP contribution < -0.4 is 16.4 Å². The van der Waals surface area contributed by atoms with Crippen LogP contribution >= 0.6 is 11.8 Å². The average Bonchev–Trinajstić information content (AvgIpc) is 3.63. The van der Waals surface area contributed by atoms with Gasteiger partial charge in [0.15, 0.2) is 6.29 Å². The number of carbonyl (C=O) groups is 2. The second-order valence-corrected chi connectivity index (χ2v) is 12.9. The van der Waals surface area contributed by atoms with Crippen LogP contribution in [0.4, 0.5) is 17.1 Å². The molecule has 0 unspecified atom stereocenters. The number of aromatic nitrogens is 4. The molecule has 0 spiro atoms. The van der Waals surface area contributed by atoms with Crippen molar-refractivity contribution in [3.05, 3.63) is 120 Å². The molecule has 0 bridgehead atoms. The first kappa shape index (κ1) is 34.8. The highest BCUT2D eigenvalue weighted by Gasteiger charge is 2.32. The van der Waals surface area contributed by atoms with Crippen LogP contribution in [-0.4, -0.2) is 49.0 Å². The van der Waals surface area contributed by atoms with Crippen molar-refractivity contribution in [3.8, 4) is 5.69 Å². The van der Waals surface area contributed by atoms with Crippen molar-refractivity contribution in [2.45, 2.75) is 62.4 Å². The van der Waals surface area contributed by atoms with Crippen molar-refractivity contribution in [3.63, 3.8) is 0 Å². The van der Waals surface area contributed by atoms with Crippen LogP contribution in [0.15, 0.2) is 108 Å². The molecule has 2 amide bonds. The zero-order valence-electron chi connectivity index (χ0n) is 27.4. The fraction of sp³-hybridized carbons (Fsp3) is 0.270. The minimum absolute atomic E-state index is 0.0301. The monoisotopic (exact) mass is 693 g/mol. The van der Waals surface area contributed by atoms with E-state index in [1.165, 1.54) is 11.8 Å². The number of anilines is 3. The lowest BCUT2D eigenvalue weighted by Crippen LogP contribution is -2.31. The molecule has 4 aromatic carbocycles. The molecule has 13 heteroatoms. The maximum absolute atomic E-state index is 12.6. The van der Waals surface area contributed by atoms with E-state index in [-0.39, 0.29) is 30.6 Å². The Hall–Kier alpha value is -5.08. The minimum atomic E-state index is -0.649. The number of benzene rings is 4. The lowest BCUT2D eigenvalue weighted by Gasteiger charge is -2.36. The number of carbonyl (C=O) groups excluding carboxylic acids is 2. The Bertz CT molecular complexity index is 1850. The van der Waals surface area contributed by atoms with E-state index in [9.17, 15) is 14.7 Å². The average molecular weight is 694 g/mol. The smallest absolute Gasteiger partial charge is 0.224 e. The third-order valence-corrected chi connectivity index (χ3v) is 9.27. The van der Waals surface area contributed by atoms with Gasteiger partial charge in [0, 0.05) is 36.3 Å². The zero-order chi connectivity index (χ0) is 34.7. The number of nitrogen functional groups attached to an aromatic ring is 1. The van der Waals surface area contributed by atoms with Gasteiger partial charge < -0.3 is 30.9 Å². The number of nitrogens with one attached hydrogen (secondary N) is 2. The summed E-state index contributed by atoms with van der Waals surface area (Å²) in [5, 5.41) is 28.2. The van der Waals surface area contributed by atoms with Gasteiger partial charge >= 0.3 is 0 Å². The highest BCUT2D eigenvalue weighted by atomic mass is 32.2. The van der Waals surface area contributed by atoms with Crippen molar-refractivity contribution in [2.75, 3.05) is 22.1 Å². The van der Waals surface area contributed by atoms with E-state index >= 15 is 0 Å². The summed E-state index contributed by atoms with van der Waals surface area (Å²) in [5.74, 6) is 0.328. The summed E-state index contributed by atoms with van der Waals surface area (Å²) in [4.78, 5) is 24.9. The number of aliphatic hydroxyl groups excluding tert-OH is 1. The van der Waals surface area contributed by atoms with E-state index in [1.807, 2.05) is 91.0 Å². The predicted molar refractivity (Wildman–Crippen MR) is 191 cm³/mol. The van der Waals surface area contributed by atoms with Crippen LogP contribution in [-0.2, 0) is 25.7 Å². The third kappa shape index (κ3) is 9.33. The summed E-state index contributed by atoms with van der Waals surface area (Å²) >= 11 is 1.51. The van der Waals surface area contributed by atoms with Gasteiger partial charge in [0.05, 0.1) is 35.9 Å². The van der Waals surface area contributed by atoms with Crippen LogP contribution in [0.5, 0.6) is 0 Å². The summed E-state index contributed by atoms with van der Waals surface area (Å²) in [6, 6.07) is 32.0. The number of ether oxygens (including phenoxy) is 2. The number of hydrogen-bond donors (Lipinski definition) is 4. The maximum atomic E-state index is 12.6. The largest absolute Gasteiger partial charge is 0.397 e. The number of amides is 2. The van der Waals surface area contributed by atoms with Crippen LogP contribution in [0.2, 0.25) is 0 Å². The molecular weight excluding hydrogens is 655 g/mol. The molecule has 258 valence electrons. The zero-order valence-corrected chi connectivity index (χ0v) is 28.2. The Morgan fingerprint density at radius 3 is 2.24 bits per heavy atom. The second-order valence-electron chi connectivity index (χ2n) is 11.9. The number of nitrogens with two attached hydrogens (primary N) is 1. The lowest BCUT2D eigenvalue weighted by molar-refractivity contribution is -0.245. The van der Waals surface area contributed by atoms with E-state index in [2.05, 4.69) is 26.2 Å². The third-order valence-electron chi connectivity index (χ3n) is 8.21. The number of hydrogen-bond acceptors (Lipinski definition) is 10. The molecule has 1 aliphatic heterocycles. The summed E-state index contributed by atoms with van der Waals surface area (Å²) < 4.78 is 14.7. The topological polar surface area (TPSA) is 167 Å². The van der Waals surface area contributed by atoms with Gasteiger partial charge in [0.1, 0.15) is 0 Å². The number of nitrogens with zero attached hydrogens (tertiary/aromatic N) is 4. The Balaban J connectivity index is 1.04. The fourth-order valence-electron chi connectivity index (χ4n) is 5.53. The molecule has 0 saturated carbocycles. The maximum Gasteiger partial charge on any atom is 0.224 e. The second kappa shape index (κ2) is 17.0. The van der Waals surface area contributed by atoms with E-state index in [0.717, 1.165) is 22.4 Å². The molecule has 1 fully saturated rings. The van der Waals surface area contributed by atoms with Crippen molar-refractivity contribution >= 4 is 40.6 Å². The van der Waals surface area contributed by atoms with Crippen molar-refractivity contribution in [2.24, 2.45) is 0 Å². The highest BCUT2D eigenvalue weighted by molar-refractivity contribution is 7.99. The van der Waals surface area contributed by atoms with Gasteiger partial charge in [0.25, 0.3) is 0 Å². The Morgan fingerprint density at radius 2 is 1.52 bits per heavy atom. The Morgan fingerprint density at radius 1 is 0.840 bits per heavy atom. The fourth-order valence-corrected chi connectivity index (χ4v) is 6.44. The molecule has 1 saturated heterocycles. The normalized spacial score (nSPS) is 17.3. The van der Waals surface area contributed by atoms with Crippen LogP contribution in [0.25, 0.3) is 5.69 Å². The Kier molecular flexibility index (Phi) is 11.8. The SMILES string of the molecule is Nc1ccccc1NC(=O)CCCCC(=O)Nc1ccc([C@@H]2O[C@H](CSc3nnnn3-c3ccccc3)C[C@H](c3ccc(CO)cc3)O2)cc1. The number of thioether (sulfide) groups is 1. The van der Waals surface area contributed by atoms with E-state index in [0.29, 0.717) is 60.1 Å². The molecule has 5 N–H and O–H groups in total. The molecule has 6 rings (SSSR count). The molecule has 1 aromatic heterocycles. The first-order valence-corrected chi connectivity index (χ1v) is 17.4. The lowest BCUT2D eigenvalue weighted by atomic mass is 10.0. The van der Waals surface area contributed by atoms with Crippen molar-refractivity contribution in [1.82, 2.24) is 20.2 Å². The first-order valence-electron chi connectivity index (χ1n) is 16.5. The van der Waals surface area contributed by atoms with Crippen LogP contribution in [0.1, 0.15) is 61.2 Å². The molecule has 12 nitrogen and oxygen atoms in total. The van der Waals surface area contributed by atoms with E-state index < -0.39 is 6.29 Å². The molecular formula is C37H39N7O5S. The Labute approximate surface area is 294 Å². The predicted octanol–water partition coefficient (Wildman–Crippen LogP) is 6.21. The van der Waals surface area contributed by atoms with Crippen LogP contribution in [0, 0.1) is 0 Å². The van der Waals surface area contributed by atoms with Gasteiger partial charge in [-0.05, 0) is 70.8 Å². The molecule has 50 heavy (non-hydrogen) atoms. The van der Waals surface area contributed by atoms with Gasteiger partial charge in [-0.3, -0.25) is 9.59 Å². The van der Waals surface area contributed by atoms with Gasteiger partial charge in [-0.25, -0.2) is 0 Å². The first-order chi connectivity index (χ1) is 24.4. The number of para-hydroxylation sites is 3. The number of aliphatic hydroxyl groups is 1. The van der Waals surface area contributed by atoms with E-state index in [1.54, 1.807) is 16.8 Å².